The number of aliphatic carboxylic acids is 1. The van der Waals surface area contributed by atoms with Crippen LogP contribution in [-0.2, 0) is 16.0 Å². The van der Waals surface area contributed by atoms with E-state index in [1.807, 2.05) is 30.5 Å². The molecular formula is C16H17N3O3S. The summed E-state index contributed by atoms with van der Waals surface area (Å²) in [6.07, 6.45) is 1.90. The highest BCUT2D eigenvalue weighted by atomic mass is 32.1. The van der Waals surface area contributed by atoms with Crippen LogP contribution < -0.4 is 0 Å². The summed E-state index contributed by atoms with van der Waals surface area (Å²) in [5, 5.41) is 11.8. The summed E-state index contributed by atoms with van der Waals surface area (Å²) in [4.78, 5) is 33.8. The number of pyridine rings is 1. The number of amides is 1. The van der Waals surface area contributed by atoms with Crippen LogP contribution >= 0.6 is 11.3 Å². The predicted molar refractivity (Wildman–Crippen MR) is 85.9 cm³/mol. The van der Waals surface area contributed by atoms with Crippen LogP contribution in [0.5, 0.6) is 0 Å². The van der Waals surface area contributed by atoms with E-state index in [4.69, 9.17) is 5.11 Å². The molecule has 2 atom stereocenters. The van der Waals surface area contributed by atoms with Gasteiger partial charge in [-0.25, -0.2) is 4.98 Å². The van der Waals surface area contributed by atoms with Crippen molar-refractivity contribution in [2.45, 2.75) is 13.3 Å². The summed E-state index contributed by atoms with van der Waals surface area (Å²) in [5.74, 6) is -1.40. The first kappa shape index (κ1) is 15.6. The molecule has 1 amide bonds. The van der Waals surface area contributed by atoms with E-state index in [1.165, 1.54) is 11.3 Å². The third-order valence-electron chi connectivity index (χ3n) is 4.05. The normalized spacial score (nSPS) is 20.7. The topological polar surface area (TPSA) is 83.4 Å². The second kappa shape index (κ2) is 6.45. The summed E-state index contributed by atoms with van der Waals surface area (Å²) in [5.41, 5.74) is 1.49. The first-order valence-electron chi connectivity index (χ1n) is 7.41. The van der Waals surface area contributed by atoms with Crippen molar-refractivity contribution in [3.63, 3.8) is 0 Å². The first-order valence-corrected chi connectivity index (χ1v) is 8.29. The van der Waals surface area contributed by atoms with Gasteiger partial charge >= 0.3 is 5.97 Å². The number of nitrogens with zero attached hydrogens (tertiary/aromatic N) is 3. The quantitative estimate of drug-likeness (QED) is 0.925. The third-order valence-corrected chi connectivity index (χ3v) is 4.96. The van der Waals surface area contributed by atoms with Crippen LogP contribution in [-0.4, -0.2) is 44.9 Å². The van der Waals surface area contributed by atoms with Crippen molar-refractivity contribution in [1.82, 2.24) is 14.9 Å². The zero-order valence-corrected chi connectivity index (χ0v) is 13.5. The Hall–Kier alpha value is -2.28. The van der Waals surface area contributed by atoms with Crippen molar-refractivity contribution in [3.05, 3.63) is 35.5 Å². The van der Waals surface area contributed by atoms with Gasteiger partial charge in [-0.3, -0.25) is 14.6 Å². The third kappa shape index (κ3) is 3.39. The SMILES string of the molecule is C[C@@H]1CN(C(=O)Cc2csc(-c3ccccn3)n2)C[C@H]1C(=O)O. The average Bonchev–Trinajstić information content (AvgIpc) is 3.15. The Labute approximate surface area is 137 Å². The van der Waals surface area contributed by atoms with Gasteiger partial charge in [-0.15, -0.1) is 11.3 Å². The molecule has 0 spiro atoms. The molecule has 1 aliphatic rings. The van der Waals surface area contributed by atoms with Crippen molar-refractivity contribution in [2.24, 2.45) is 11.8 Å². The maximum Gasteiger partial charge on any atom is 0.308 e. The molecule has 0 unspecified atom stereocenters. The molecule has 23 heavy (non-hydrogen) atoms. The van der Waals surface area contributed by atoms with Gasteiger partial charge in [0.05, 0.1) is 23.7 Å². The van der Waals surface area contributed by atoms with E-state index in [0.717, 1.165) is 10.7 Å². The van der Waals surface area contributed by atoms with E-state index in [9.17, 15) is 9.59 Å². The van der Waals surface area contributed by atoms with Gasteiger partial charge in [0, 0.05) is 24.7 Å². The lowest BCUT2D eigenvalue weighted by atomic mass is 9.99. The molecule has 120 valence electrons. The summed E-state index contributed by atoms with van der Waals surface area (Å²) >= 11 is 1.45. The standard InChI is InChI=1S/C16H17N3O3S/c1-10-7-19(8-12(10)16(21)22)14(20)6-11-9-23-15(18-11)13-4-2-3-5-17-13/h2-5,9-10,12H,6-8H2,1H3,(H,21,22)/t10-,12-/m1/s1. The minimum absolute atomic E-state index is 0.0176. The smallest absolute Gasteiger partial charge is 0.308 e. The molecule has 3 rings (SSSR count). The number of hydrogen-bond acceptors (Lipinski definition) is 5. The number of carbonyl (C=O) groups excluding carboxylic acids is 1. The summed E-state index contributed by atoms with van der Waals surface area (Å²) in [6.45, 7) is 2.65. The monoisotopic (exact) mass is 331 g/mol. The fraction of sp³-hybridized carbons (Fsp3) is 0.375. The lowest BCUT2D eigenvalue weighted by molar-refractivity contribution is -0.142. The Morgan fingerprint density at radius 2 is 2.22 bits per heavy atom. The average molecular weight is 331 g/mol. The molecule has 6 nitrogen and oxygen atoms in total. The lowest BCUT2D eigenvalue weighted by Gasteiger charge is -2.14. The highest BCUT2D eigenvalue weighted by Crippen LogP contribution is 2.25. The second-order valence-electron chi connectivity index (χ2n) is 5.76. The number of aromatic nitrogens is 2. The molecule has 0 aliphatic carbocycles. The number of likely N-dealkylation sites (tertiary alicyclic amines) is 1. The Kier molecular flexibility index (Phi) is 4.38. The summed E-state index contributed by atoms with van der Waals surface area (Å²) < 4.78 is 0. The zero-order chi connectivity index (χ0) is 16.4. The number of carbonyl (C=O) groups is 2. The number of carboxylic acid groups (broad SMARTS) is 1. The zero-order valence-electron chi connectivity index (χ0n) is 12.7. The molecule has 0 aromatic carbocycles. The van der Waals surface area contributed by atoms with Crippen LogP contribution in [0.15, 0.2) is 29.8 Å². The second-order valence-corrected chi connectivity index (χ2v) is 6.61. The van der Waals surface area contributed by atoms with Gasteiger partial charge in [-0.1, -0.05) is 13.0 Å². The van der Waals surface area contributed by atoms with Crippen molar-refractivity contribution in [2.75, 3.05) is 13.1 Å². The lowest BCUT2D eigenvalue weighted by Crippen LogP contribution is -2.31. The highest BCUT2D eigenvalue weighted by molar-refractivity contribution is 7.13. The molecule has 0 radical (unpaired) electrons. The van der Waals surface area contributed by atoms with E-state index >= 15 is 0 Å². The maximum absolute atomic E-state index is 12.4. The van der Waals surface area contributed by atoms with Crippen LogP contribution in [0.2, 0.25) is 0 Å². The predicted octanol–water partition coefficient (Wildman–Crippen LogP) is 1.93. The molecule has 2 aromatic rings. The van der Waals surface area contributed by atoms with Gasteiger partial charge in [0.1, 0.15) is 5.01 Å². The molecule has 1 N–H and O–H groups in total. The Morgan fingerprint density at radius 1 is 1.39 bits per heavy atom. The molecular weight excluding hydrogens is 314 g/mol. The molecule has 3 heterocycles. The first-order chi connectivity index (χ1) is 11.0. The van der Waals surface area contributed by atoms with Gasteiger partial charge in [0.2, 0.25) is 5.91 Å². The molecule has 1 fully saturated rings. The largest absolute Gasteiger partial charge is 0.481 e. The van der Waals surface area contributed by atoms with E-state index < -0.39 is 11.9 Å². The Bertz CT molecular complexity index is 716. The van der Waals surface area contributed by atoms with Crippen molar-refractivity contribution in [3.8, 4) is 10.7 Å². The van der Waals surface area contributed by atoms with Crippen LogP contribution in [0.4, 0.5) is 0 Å². The Balaban J connectivity index is 1.65. The minimum atomic E-state index is -0.834. The Morgan fingerprint density at radius 3 is 2.87 bits per heavy atom. The van der Waals surface area contributed by atoms with Gasteiger partial charge in [-0.2, -0.15) is 0 Å². The summed E-state index contributed by atoms with van der Waals surface area (Å²) in [6, 6.07) is 5.62. The van der Waals surface area contributed by atoms with E-state index in [0.29, 0.717) is 12.2 Å². The number of rotatable bonds is 4. The molecule has 1 aliphatic heterocycles. The number of hydrogen-bond donors (Lipinski definition) is 1. The van der Waals surface area contributed by atoms with E-state index in [2.05, 4.69) is 9.97 Å². The minimum Gasteiger partial charge on any atom is -0.481 e. The highest BCUT2D eigenvalue weighted by Gasteiger charge is 2.36. The van der Waals surface area contributed by atoms with Gasteiger partial charge < -0.3 is 10.0 Å². The van der Waals surface area contributed by atoms with Crippen LogP contribution in [0, 0.1) is 11.8 Å². The fourth-order valence-corrected chi connectivity index (χ4v) is 3.55. The van der Waals surface area contributed by atoms with E-state index in [1.54, 1.807) is 11.1 Å². The van der Waals surface area contributed by atoms with Crippen molar-refractivity contribution < 1.29 is 14.7 Å². The van der Waals surface area contributed by atoms with Crippen molar-refractivity contribution >= 4 is 23.2 Å². The van der Waals surface area contributed by atoms with Crippen molar-refractivity contribution in [1.29, 1.82) is 0 Å². The molecule has 7 heteroatoms. The fourth-order valence-electron chi connectivity index (χ4n) is 2.75. The van der Waals surface area contributed by atoms with Crippen LogP contribution in [0.1, 0.15) is 12.6 Å². The number of thiazole rings is 1. The molecule has 1 saturated heterocycles. The molecule has 0 bridgehead atoms. The number of carboxylic acids is 1. The van der Waals surface area contributed by atoms with Crippen LogP contribution in [0.3, 0.4) is 0 Å². The summed E-state index contributed by atoms with van der Waals surface area (Å²) in [7, 11) is 0. The molecule has 0 saturated carbocycles. The maximum atomic E-state index is 12.4. The molecule has 2 aromatic heterocycles. The van der Waals surface area contributed by atoms with Gasteiger partial charge in [0.25, 0.3) is 0 Å². The van der Waals surface area contributed by atoms with Gasteiger partial charge in [-0.05, 0) is 18.1 Å². The van der Waals surface area contributed by atoms with Crippen LogP contribution in [0.25, 0.3) is 10.7 Å². The van der Waals surface area contributed by atoms with Gasteiger partial charge in [0.15, 0.2) is 0 Å². The van der Waals surface area contributed by atoms with E-state index in [-0.39, 0.29) is 24.8 Å².